The molecule has 106 valence electrons. The lowest BCUT2D eigenvalue weighted by Crippen LogP contribution is -2.40. The van der Waals surface area contributed by atoms with Crippen LogP contribution in [0.2, 0.25) is 0 Å². The van der Waals surface area contributed by atoms with Crippen LogP contribution in [-0.4, -0.2) is 39.6 Å². The normalized spacial score (nSPS) is 18.7. The maximum Gasteiger partial charge on any atom is 0.327 e. The van der Waals surface area contributed by atoms with Crippen molar-refractivity contribution in [1.82, 2.24) is 4.90 Å². The van der Waals surface area contributed by atoms with E-state index in [0.717, 1.165) is 15.6 Å². The van der Waals surface area contributed by atoms with Crippen LogP contribution in [0.5, 0.6) is 0 Å². The van der Waals surface area contributed by atoms with Gasteiger partial charge in [0.25, 0.3) is 0 Å². The third kappa shape index (κ3) is 3.43. The van der Waals surface area contributed by atoms with E-state index in [2.05, 4.69) is 15.9 Å². The standard InChI is InChI=1S/C14H14BrNO3S/c1-9-2-3-10(11(15)6-9)4-5-13(17)16-8-20-7-12(16)14(18)19/h2-6,12H,7-8H2,1H3,(H,18,19)/b5-4+/t12-/m0/s1. The van der Waals surface area contributed by atoms with E-state index in [9.17, 15) is 9.59 Å². The molecule has 0 radical (unpaired) electrons. The minimum Gasteiger partial charge on any atom is -0.480 e. The summed E-state index contributed by atoms with van der Waals surface area (Å²) in [7, 11) is 0. The number of nitrogens with zero attached hydrogens (tertiary/aromatic N) is 1. The number of rotatable bonds is 3. The molecule has 1 fully saturated rings. The smallest absolute Gasteiger partial charge is 0.327 e. The van der Waals surface area contributed by atoms with Gasteiger partial charge in [-0.2, -0.15) is 0 Å². The van der Waals surface area contributed by atoms with E-state index in [-0.39, 0.29) is 5.91 Å². The van der Waals surface area contributed by atoms with Gasteiger partial charge in [0.1, 0.15) is 6.04 Å². The minimum atomic E-state index is -0.951. The average molecular weight is 356 g/mol. The molecule has 1 aliphatic heterocycles. The lowest BCUT2D eigenvalue weighted by atomic mass is 10.1. The van der Waals surface area contributed by atoms with Crippen LogP contribution in [-0.2, 0) is 9.59 Å². The summed E-state index contributed by atoms with van der Waals surface area (Å²) in [4.78, 5) is 24.5. The zero-order valence-corrected chi connectivity index (χ0v) is 13.3. The number of aryl methyl sites for hydroxylation is 1. The van der Waals surface area contributed by atoms with Gasteiger partial charge in [-0.1, -0.05) is 28.1 Å². The summed E-state index contributed by atoms with van der Waals surface area (Å²) in [6.45, 7) is 1.99. The monoisotopic (exact) mass is 355 g/mol. The summed E-state index contributed by atoms with van der Waals surface area (Å²) in [5, 5.41) is 9.05. The average Bonchev–Trinajstić information content (AvgIpc) is 2.86. The highest BCUT2D eigenvalue weighted by Gasteiger charge is 2.33. The van der Waals surface area contributed by atoms with Gasteiger partial charge in [-0.05, 0) is 30.2 Å². The van der Waals surface area contributed by atoms with Crippen molar-refractivity contribution in [2.45, 2.75) is 13.0 Å². The van der Waals surface area contributed by atoms with Crippen LogP contribution in [0, 0.1) is 6.92 Å². The number of hydrogen-bond acceptors (Lipinski definition) is 3. The van der Waals surface area contributed by atoms with Gasteiger partial charge < -0.3 is 10.0 Å². The van der Waals surface area contributed by atoms with Crippen LogP contribution in [0.4, 0.5) is 0 Å². The Balaban J connectivity index is 2.11. The number of carboxylic acids is 1. The second-order valence-corrected chi connectivity index (χ2v) is 6.37. The number of amides is 1. The van der Waals surface area contributed by atoms with Crippen molar-refractivity contribution in [3.05, 3.63) is 39.9 Å². The van der Waals surface area contributed by atoms with E-state index in [0.29, 0.717) is 11.6 Å². The van der Waals surface area contributed by atoms with Gasteiger partial charge in [-0.15, -0.1) is 11.8 Å². The van der Waals surface area contributed by atoms with Gasteiger partial charge in [0.05, 0.1) is 5.88 Å². The number of carbonyl (C=O) groups is 2. The number of carboxylic acid groups (broad SMARTS) is 1. The molecule has 0 aromatic heterocycles. The predicted molar refractivity (Wildman–Crippen MR) is 83.5 cm³/mol. The highest BCUT2D eigenvalue weighted by atomic mass is 79.9. The molecule has 6 heteroatoms. The number of aliphatic carboxylic acids is 1. The molecule has 4 nitrogen and oxygen atoms in total. The summed E-state index contributed by atoms with van der Waals surface area (Å²) in [5.74, 6) is -0.346. The number of hydrogen-bond donors (Lipinski definition) is 1. The Morgan fingerprint density at radius 2 is 2.25 bits per heavy atom. The van der Waals surface area contributed by atoms with Crippen LogP contribution < -0.4 is 0 Å². The van der Waals surface area contributed by atoms with E-state index in [1.54, 1.807) is 6.08 Å². The van der Waals surface area contributed by atoms with E-state index in [1.165, 1.54) is 22.7 Å². The molecule has 0 saturated carbocycles. The van der Waals surface area contributed by atoms with Crippen molar-refractivity contribution >= 4 is 45.6 Å². The summed E-state index contributed by atoms with van der Waals surface area (Å²) >= 11 is 4.90. The van der Waals surface area contributed by atoms with Gasteiger partial charge in [0, 0.05) is 16.3 Å². The fourth-order valence-corrected chi connectivity index (χ4v) is 3.67. The van der Waals surface area contributed by atoms with Crippen molar-refractivity contribution in [2.24, 2.45) is 0 Å². The number of benzene rings is 1. The maximum atomic E-state index is 12.1. The first kappa shape index (κ1) is 15.1. The fraction of sp³-hybridized carbons (Fsp3) is 0.286. The van der Waals surface area contributed by atoms with E-state index < -0.39 is 12.0 Å². The lowest BCUT2D eigenvalue weighted by molar-refractivity contribution is -0.146. The molecule has 1 aliphatic rings. The zero-order chi connectivity index (χ0) is 14.7. The molecule has 0 unspecified atom stereocenters. The van der Waals surface area contributed by atoms with E-state index >= 15 is 0 Å². The molecule has 0 aliphatic carbocycles. The Hall–Kier alpha value is -1.27. The summed E-state index contributed by atoms with van der Waals surface area (Å²) in [6, 6.07) is 5.12. The largest absolute Gasteiger partial charge is 0.480 e. The first-order valence-electron chi connectivity index (χ1n) is 6.04. The Bertz CT molecular complexity index is 574. The van der Waals surface area contributed by atoms with Crippen LogP contribution in [0.1, 0.15) is 11.1 Å². The molecule has 1 amide bonds. The molecule has 1 N–H and O–H groups in total. The first-order chi connectivity index (χ1) is 9.49. The van der Waals surface area contributed by atoms with Crippen LogP contribution in [0.25, 0.3) is 6.08 Å². The molecule has 1 aromatic rings. The van der Waals surface area contributed by atoms with Crippen molar-refractivity contribution in [3.63, 3.8) is 0 Å². The Morgan fingerprint density at radius 1 is 1.50 bits per heavy atom. The molecule has 1 atom stereocenters. The molecule has 0 bridgehead atoms. The van der Waals surface area contributed by atoms with Gasteiger partial charge in [0.2, 0.25) is 5.91 Å². The maximum absolute atomic E-state index is 12.1. The fourth-order valence-electron chi connectivity index (χ4n) is 1.89. The number of halogens is 1. The van der Waals surface area contributed by atoms with Gasteiger partial charge in [-0.3, -0.25) is 4.79 Å². The highest BCUT2D eigenvalue weighted by Crippen LogP contribution is 2.23. The molecule has 2 rings (SSSR count). The highest BCUT2D eigenvalue weighted by molar-refractivity contribution is 9.10. The molecule has 1 saturated heterocycles. The topological polar surface area (TPSA) is 57.6 Å². The summed E-state index contributed by atoms with van der Waals surface area (Å²) in [5.41, 5.74) is 2.02. The van der Waals surface area contributed by atoms with Crippen LogP contribution >= 0.6 is 27.7 Å². The molecule has 20 heavy (non-hydrogen) atoms. The van der Waals surface area contributed by atoms with Gasteiger partial charge >= 0.3 is 5.97 Å². The predicted octanol–water partition coefficient (Wildman–Crippen LogP) is 2.76. The molecule has 1 heterocycles. The number of thioether (sulfide) groups is 1. The molecular weight excluding hydrogens is 342 g/mol. The van der Waals surface area contributed by atoms with E-state index in [4.69, 9.17) is 5.11 Å². The van der Waals surface area contributed by atoms with Gasteiger partial charge in [0.15, 0.2) is 0 Å². The summed E-state index contributed by atoms with van der Waals surface area (Å²) < 4.78 is 0.909. The van der Waals surface area contributed by atoms with Crippen molar-refractivity contribution in [1.29, 1.82) is 0 Å². The van der Waals surface area contributed by atoms with E-state index in [1.807, 2.05) is 25.1 Å². The molecular formula is C14H14BrNO3S. The lowest BCUT2D eigenvalue weighted by Gasteiger charge is -2.18. The minimum absolute atomic E-state index is 0.269. The molecule has 1 aromatic carbocycles. The number of carbonyl (C=O) groups excluding carboxylic acids is 1. The Kier molecular flexibility index (Phi) is 4.88. The third-order valence-electron chi connectivity index (χ3n) is 3.01. The quantitative estimate of drug-likeness (QED) is 0.847. The third-order valence-corrected chi connectivity index (χ3v) is 4.71. The van der Waals surface area contributed by atoms with Crippen molar-refractivity contribution in [3.8, 4) is 0 Å². The SMILES string of the molecule is Cc1ccc(/C=C/C(=O)N2CSC[C@H]2C(=O)O)c(Br)c1. The van der Waals surface area contributed by atoms with Crippen LogP contribution in [0.15, 0.2) is 28.7 Å². The van der Waals surface area contributed by atoms with Gasteiger partial charge in [-0.25, -0.2) is 4.79 Å². The van der Waals surface area contributed by atoms with Crippen molar-refractivity contribution in [2.75, 3.05) is 11.6 Å². The Labute approximate surface area is 130 Å². The van der Waals surface area contributed by atoms with Crippen molar-refractivity contribution < 1.29 is 14.7 Å². The first-order valence-corrected chi connectivity index (χ1v) is 7.99. The Morgan fingerprint density at radius 3 is 2.90 bits per heavy atom. The second kappa shape index (κ2) is 6.45. The zero-order valence-electron chi connectivity index (χ0n) is 10.9. The molecule has 0 spiro atoms. The summed E-state index contributed by atoms with van der Waals surface area (Å²) in [6.07, 6.45) is 3.13. The van der Waals surface area contributed by atoms with Crippen LogP contribution in [0.3, 0.4) is 0 Å². The second-order valence-electron chi connectivity index (χ2n) is 4.52.